The number of hydrogen-bond donors (Lipinski definition) is 2. The van der Waals surface area contributed by atoms with E-state index < -0.39 is 34.5 Å². The third-order valence-electron chi connectivity index (χ3n) is 4.24. The van der Waals surface area contributed by atoms with Crippen LogP contribution in [0.15, 0.2) is 46.2 Å². The molecule has 0 radical (unpaired) electrons. The van der Waals surface area contributed by atoms with Gasteiger partial charge < -0.3 is 15.5 Å². The van der Waals surface area contributed by atoms with Crippen LogP contribution in [-0.2, 0) is 22.3 Å². The molecule has 0 aliphatic heterocycles. The molecule has 170 valence electrons. The van der Waals surface area contributed by atoms with Gasteiger partial charge in [0.1, 0.15) is 0 Å². The van der Waals surface area contributed by atoms with E-state index in [1.54, 1.807) is 16.7 Å². The number of anilines is 1. The minimum absolute atomic E-state index is 0.0143. The first-order chi connectivity index (χ1) is 15.1. The van der Waals surface area contributed by atoms with Crippen molar-refractivity contribution in [1.82, 2.24) is 14.8 Å². The van der Waals surface area contributed by atoms with E-state index in [-0.39, 0.29) is 23.1 Å². The number of alkyl halides is 3. The zero-order chi connectivity index (χ0) is 23.5. The van der Waals surface area contributed by atoms with Crippen LogP contribution in [0.25, 0.3) is 11.6 Å². The first kappa shape index (κ1) is 23.7. The number of benzene rings is 1. The summed E-state index contributed by atoms with van der Waals surface area (Å²) in [5, 5.41) is 9.67. The maximum Gasteiger partial charge on any atom is 0.418 e. The van der Waals surface area contributed by atoms with Crippen molar-refractivity contribution in [3.8, 4) is 11.6 Å². The summed E-state index contributed by atoms with van der Waals surface area (Å²) in [6.45, 7) is 1.63. The van der Waals surface area contributed by atoms with Crippen molar-refractivity contribution in [3.63, 3.8) is 0 Å². The third kappa shape index (κ3) is 5.62. The molecule has 1 atom stereocenters. The number of amides is 2. The molecule has 2 amide bonds. The molecule has 0 aliphatic carbocycles. The molecule has 32 heavy (non-hydrogen) atoms. The first-order valence-corrected chi connectivity index (χ1v) is 10.4. The number of furan rings is 1. The van der Waals surface area contributed by atoms with Crippen molar-refractivity contribution >= 4 is 40.9 Å². The molecule has 0 aliphatic rings. The SMILES string of the molecule is CC(Sc1nnc(-c2ccco2)n1CCC(N)=O)C(=O)Nc1ccc(Cl)cc1C(F)(F)F. The van der Waals surface area contributed by atoms with Crippen molar-refractivity contribution in [2.75, 3.05) is 5.32 Å². The van der Waals surface area contributed by atoms with Crippen LogP contribution in [0.1, 0.15) is 18.9 Å². The molecule has 13 heteroatoms. The number of carbonyl (C=O) groups is 2. The number of primary amides is 1. The summed E-state index contributed by atoms with van der Waals surface area (Å²) < 4.78 is 46.7. The van der Waals surface area contributed by atoms with Gasteiger partial charge in [0.25, 0.3) is 0 Å². The molecular weight excluding hydrogens is 471 g/mol. The molecule has 3 aromatic rings. The molecular formula is C19H17ClF3N5O3S. The minimum atomic E-state index is -4.70. The third-order valence-corrected chi connectivity index (χ3v) is 5.55. The number of nitrogens with two attached hydrogens (primary N) is 1. The molecule has 8 nitrogen and oxygen atoms in total. The van der Waals surface area contributed by atoms with Gasteiger partial charge in [-0.15, -0.1) is 10.2 Å². The van der Waals surface area contributed by atoms with Gasteiger partial charge in [-0.05, 0) is 37.3 Å². The van der Waals surface area contributed by atoms with Gasteiger partial charge in [0.05, 0.1) is 22.8 Å². The summed E-state index contributed by atoms with van der Waals surface area (Å²) in [5.41, 5.74) is 3.77. The highest BCUT2D eigenvalue weighted by Crippen LogP contribution is 2.37. The Labute approximate surface area is 189 Å². The maximum absolute atomic E-state index is 13.3. The second-order valence-electron chi connectivity index (χ2n) is 6.59. The van der Waals surface area contributed by atoms with Crippen LogP contribution in [0.2, 0.25) is 5.02 Å². The first-order valence-electron chi connectivity index (χ1n) is 9.16. The Kier molecular flexibility index (Phi) is 7.14. The van der Waals surface area contributed by atoms with Gasteiger partial charge in [-0.2, -0.15) is 13.2 Å². The summed E-state index contributed by atoms with van der Waals surface area (Å²) in [7, 11) is 0. The predicted octanol–water partition coefficient (Wildman–Crippen LogP) is 4.21. The quantitative estimate of drug-likeness (QED) is 0.460. The largest absolute Gasteiger partial charge is 0.461 e. The van der Waals surface area contributed by atoms with Crippen molar-refractivity contribution in [2.24, 2.45) is 5.73 Å². The van der Waals surface area contributed by atoms with Crippen molar-refractivity contribution in [1.29, 1.82) is 0 Å². The molecule has 1 unspecified atom stereocenters. The van der Waals surface area contributed by atoms with Gasteiger partial charge in [0.15, 0.2) is 16.7 Å². The molecule has 0 spiro atoms. The molecule has 2 aromatic heterocycles. The molecule has 3 rings (SSSR count). The van der Waals surface area contributed by atoms with Crippen molar-refractivity contribution < 1.29 is 27.2 Å². The highest BCUT2D eigenvalue weighted by atomic mass is 35.5. The van der Waals surface area contributed by atoms with E-state index >= 15 is 0 Å². The van der Waals surface area contributed by atoms with E-state index in [1.165, 1.54) is 19.3 Å². The van der Waals surface area contributed by atoms with Crippen LogP contribution in [0, 0.1) is 0 Å². The summed E-state index contributed by atoms with van der Waals surface area (Å²) in [6.07, 6.45) is -3.27. The summed E-state index contributed by atoms with van der Waals surface area (Å²) in [6, 6.07) is 6.38. The molecule has 0 saturated carbocycles. The van der Waals surface area contributed by atoms with E-state index in [9.17, 15) is 22.8 Å². The fourth-order valence-electron chi connectivity index (χ4n) is 2.69. The second-order valence-corrected chi connectivity index (χ2v) is 8.33. The number of nitrogens with zero attached hydrogens (tertiary/aromatic N) is 3. The van der Waals surface area contributed by atoms with Gasteiger partial charge in [0.2, 0.25) is 11.8 Å². The zero-order valence-electron chi connectivity index (χ0n) is 16.5. The Morgan fingerprint density at radius 2 is 2.06 bits per heavy atom. The van der Waals surface area contributed by atoms with Crippen LogP contribution in [0.4, 0.5) is 18.9 Å². The standard InChI is InChI=1S/C19H17ClF3N5O3S/c1-10(17(30)25-13-5-4-11(20)9-12(13)19(21,22)23)32-18-27-26-16(14-3-2-8-31-14)28(18)7-6-15(24)29/h2-5,8-10H,6-7H2,1H3,(H2,24,29)(H,25,30). The van der Waals surface area contributed by atoms with E-state index in [4.69, 9.17) is 21.8 Å². The van der Waals surface area contributed by atoms with E-state index in [1.807, 2.05) is 0 Å². The number of nitrogens with one attached hydrogen (secondary N) is 1. The highest BCUT2D eigenvalue weighted by Gasteiger charge is 2.34. The van der Waals surface area contributed by atoms with Gasteiger partial charge >= 0.3 is 6.18 Å². The molecule has 3 N–H and O–H groups in total. The van der Waals surface area contributed by atoms with E-state index in [0.717, 1.165) is 23.9 Å². The lowest BCUT2D eigenvalue weighted by molar-refractivity contribution is -0.137. The number of aromatic nitrogens is 3. The number of halogens is 4. The fraction of sp³-hybridized carbons (Fsp3) is 0.263. The minimum Gasteiger partial charge on any atom is -0.461 e. The Morgan fingerprint density at radius 1 is 1.31 bits per heavy atom. The molecule has 0 bridgehead atoms. The van der Waals surface area contributed by atoms with Crippen molar-refractivity contribution in [3.05, 3.63) is 47.2 Å². The van der Waals surface area contributed by atoms with Gasteiger partial charge in [0, 0.05) is 18.0 Å². The fourth-order valence-corrected chi connectivity index (χ4v) is 3.74. The normalized spacial score (nSPS) is 12.5. The lowest BCUT2D eigenvalue weighted by Gasteiger charge is -2.17. The van der Waals surface area contributed by atoms with E-state index in [2.05, 4.69) is 15.5 Å². The van der Waals surface area contributed by atoms with Gasteiger partial charge in [-0.1, -0.05) is 23.4 Å². The van der Waals surface area contributed by atoms with Gasteiger partial charge in [-0.3, -0.25) is 14.2 Å². The van der Waals surface area contributed by atoms with Crippen molar-refractivity contribution in [2.45, 2.75) is 36.5 Å². The average Bonchev–Trinajstić information content (AvgIpc) is 3.36. The number of carbonyl (C=O) groups excluding carboxylic acids is 2. The van der Waals surface area contributed by atoms with Crippen LogP contribution in [-0.4, -0.2) is 31.8 Å². The number of rotatable bonds is 8. The predicted molar refractivity (Wildman–Crippen MR) is 112 cm³/mol. The second kappa shape index (κ2) is 9.65. The lowest BCUT2D eigenvalue weighted by Crippen LogP contribution is -2.25. The van der Waals surface area contributed by atoms with E-state index in [0.29, 0.717) is 11.6 Å². The Morgan fingerprint density at radius 3 is 2.69 bits per heavy atom. The zero-order valence-corrected chi connectivity index (χ0v) is 18.1. The van der Waals surface area contributed by atoms with Crippen LogP contribution in [0.3, 0.4) is 0 Å². The van der Waals surface area contributed by atoms with Crippen LogP contribution >= 0.6 is 23.4 Å². The van der Waals surface area contributed by atoms with Crippen LogP contribution < -0.4 is 11.1 Å². The highest BCUT2D eigenvalue weighted by molar-refractivity contribution is 8.00. The maximum atomic E-state index is 13.3. The molecule has 2 heterocycles. The Hall–Kier alpha value is -2.99. The summed E-state index contributed by atoms with van der Waals surface area (Å²) >= 11 is 6.63. The van der Waals surface area contributed by atoms with Gasteiger partial charge in [-0.25, -0.2) is 0 Å². The average molecular weight is 488 g/mol. The molecule has 0 fully saturated rings. The summed E-state index contributed by atoms with van der Waals surface area (Å²) in [5.74, 6) is -0.523. The molecule has 0 saturated heterocycles. The van der Waals surface area contributed by atoms with Crippen LogP contribution in [0.5, 0.6) is 0 Å². The number of thioether (sulfide) groups is 1. The Bertz CT molecular complexity index is 1120. The lowest BCUT2D eigenvalue weighted by atomic mass is 10.1. The monoisotopic (exact) mass is 487 g/mol. The number of hydrogen-bond acceptors (Lipinski definition) is 6. The topological polar surface area (TPSA) is 116 Å². The molecule has 1 aromatic carbocycles. The Balaban J connectivity index is 1.81. The summed E-state index contributed by atoms with van der Waals surface area (Å²) in [4.78, 5) is 23.9. The smallest absolute Gasteiger partial charge is 0.418 e.